The molecule has 1 N–H and O–H groups in total. The molecule has 2 aliphatic rings. The topological polar surface area (TPSA) is 62.4 Å². The van der Waals surface area contributed by atoms with E-state index in [1.165, 1.54) is 0 Å². The molecule has 0 unspecified atom stereocenters. The summed E-state index contributed by atoms with van der Waals surface area (Å²) in [4.78, 5) is 29.9. The Balaban J connectivity index is 1.90. The number of hydrogen-bond acceptors (Lipinski definition) is 3. The summed E-state index contributed by atoms with van der Waals surface area (Å²) in [5.74, 6) is 0.143. The van der Waals surface area contributed by atoms with E-state index in [9.17, 15) is 9.59 Å². The van der Waals surface area contributed by atoms with E-state index in [-0.39, 0.29) is 23.9 Å². The van der Waals surface area contributed by atoms with E-state index < -0.39 is 0 Å². The lowest BCUT2D eigenvalue weighted by molar-refractivity contribution is -0.0587. The fraction of sp³-hybridized carbons (Fsp3) is 0.625. The van der Waals surface area contributed by atoms with Gasteiger partial charge in [0.25, 0.3) is 5.91 Å². The Morgan fingerprint density at radius 1 is 1.24 bits per heavy atom. The van der Waals surface area contributed by atoms with E-state index in [1.54, 1.807) is 0 Å². The normalized spacial score (nSPS) is 25.9. The van der Waals surface area contributed by atoms with Crippen molar-refractivity contribution >= 4 is 11.7 Å². The minimum atomic E-state index is -0.0169. The summed E-state index contributed by atoms with van der Waals surface area (Å²) in [6.45, 7) is 7.03. The van der Waals surface area contributed by atoms with Gasteiger partial charge in [0.1, 0.15) is 5.69 Å². The highest BCUT2D eigenvalue weighted by atomic mass is 16.5. The van der Waals surface area contributed by atoms with Gasteiger partial charge in [-0.05, 0) is 39.2 Å². The summed E-state index contributed by atoms with van der Waals surface area (Å²) in [6, 6.07) is 0. The predicted molar refractivity (Wildman–Crippen MR) is 78.7 cm³/mol. The summed E-state index contributed by atoms with van der Waals surface area (Å²) in [5, 5.41) is 0. The van der Waals surface area contributed by atoms with E-state index in [2.05, 4.69) is 4.98 Å². The van der Waals surface area contributed by atoms with Crippen LogP contribution in [-0.4, -0.2) is 46.9 Å². The maximum atomic E-state index is 12.8. The zero-order chi connectivity index (χ0) is 15.1. The van der Waals surface area contributed by atoms with Gasteiger partial charge in [0, 0.05) is 30.8 Å². The van der Waals surface area contributed by atoms with Gasteiger partial charge in [-0.25, -0.2) is 0 Å². The molecule has 1 fully saturated rings. The van der Waals surface area contributed by atoms with E-state index in [0.29, 0.717) is 25.2 Å². The Morgan fingerprint density at radius 3 is 2.52 bits per heavy atom. The van der Waals surface area contributed by atoms with Crippen molar-refractivity contribution in [3.05, 3.63) is 22.5 Å². The lowest BCUT2D eigenvalue weighted by atomic mass is 9.93. The van der Waals surface area contributed by atoms with Crippen LogP contribution in [0.15, 0.2) is 0 Å². The second-order valence-corrected chi connectivity index (χ2v) is 6.22. The summed E-state index contributed by atoms with van der Waals surface area (Å²) in [7, 11) is 0. The largest absolute Gasteiger partial charge is 0.372 e. The molecule has 0 bridgehead atoms. The molecule has 0 spiro atoms. The van der Waals surface area contributed by atoms with E-state index >= 15 is 0 Å². The highest BCUT2D eigenvalue weighted by Crippen LogP contribution is 2.27. The molecule has 5 heteroatoms. The van der Waals surface area contributed by atoms with Crippen molar-refractivity contribution in [2.45, 2.75) is 52.2 Å². The number of H-pyrrole nitrogens is 1. The number of morpholine rings is 1. The number of aryl methyl sites for hydroxylation is 1. The molecule has 21 heavy (non-hydrogen) atoms. The van der Waals surface area contributed by atoms with Crippen molar-refractivity contribution < 1.29 is 14.3 Å². The van der Waals surface area contributed by atoms with Crippen molar-refractivity contribution in [2.75, 3.05) is 13.1 Å². The van der Waals surface area contributed by atoms with Gasteiger partial charge in [0.2, 0.25) is 0 Å². The van der Waals surface area contributed by atoms with Gasteiger partial charge in [-0.2, -0.15) is 0 Å². The molecule has 1 amide bonds. The molecule has 0 radical (unpaired) electrons. The second-order valence-electron chi connectivity index (χ2n) is 6.22. The molecular weight excluding hydrogens is 268 g/mol. The number of fused-ring (bicyclic) bond motifs is 1. The van der Waals surface area contributed by atoms with Crippen LogP contribution in [0.25, 0.3) is 0 Å². The highest BCUT2D eigenvalue weighted by molar-refractivity contribution is 6.04. The quantitative estimate of drug-likeness (QED) is 0.861. The van der Waals surface area contributed by atoms with Crippen molar-refractivity contribution in [3.8, 4) is 0 Å². The Kier molecular flexibility index (Phi) is 3.61. The molecule has 1 saturated heterocycles. The third-order valence-corrected chi connectivity index (χ3v) is 4.36. The van der Waals surface area contributed by atoms with E-state index in [4.69, 9.17) is 4.74 Å². The lowest BCUT2D eigenvalue weighted by Gasteiger charge is -2.35. The minimum absolute atomic E-state index is 0.0169. The first-order chi connectivity index (χ1) is 9.97. The van der Waals surface area contributed by atoms with Crippen LogP contribution in [0.2, 0.25) is 0 Å². The fourth-order valence-corrected chi connectivity index (χ4v) is 3.49. The molecule has 2 heterocycles. The smallest absolute Gasteiger partial charge is 0.270 e. The molecule has 1 aromatic rings. The Bertz CT molecular complexity index is 581. The molecule has 1 aliphatic heterocycles. The van der Waals surface area contributed by atoms with Crippen molar-refractivity contribution in [2.24, 2.45) is 0 Å². The third-order valence-electron chi connectivity index (χ3n) is 4.36. The zero-order valence-electron chi connectivity index (χ0n) is 12.9. The molecule has 1 aromatic heterocycles. The summed E-state index contributed by atoms with van der Waals surface area (Å²) < 4.78 is 5.67. The van der Waals surface area contributed by atoms with Crippen LogP contribution in [0.1, 0.15) is 58.8 Å². The predicted octanol–water partition coefficient (Wildman–Crippen LogP) is 2.09. The van der Waals surface area contributed by atoms with Gasteiger partial charge in [-0.15, -0.1) is 0 Å². The van der Waals surface area contributed by atoms with E-state index in [1.807, 2.05) is 25.7 Å². The molecular formula is C16H22N2O3. The number of Topliss-reactive ketones (excluding diaryl/α,β-unsaturated/α-hetero) is 1. The minimum Gasteiger partial charge on any atom is -0.372 e. The van der Waals surface area contributed by atoms with Gasteiger partial charge >= 0.3 is 0 Å². The molecule has 114 valence electrons. The van der Waals surface area contributed by atoms with Crippen LogP contribution in [0.5, 0.6) is 0 Å². The van der Waals surface area contributed by atoms with Crippen molar-refractivity contribution in [1.29, 1.82) is 0 Å². The number of nitrogens with one attached hydrogen (secondary N) is 1. The summed E-state index contributed by atoms with van der Waals surface area (Å²) in [6.07, 6.45) is 2.40. The van der Waals surface area contributed by atoms with Gasteiger partial charge < -0.3 is 14.6 Å². The third kappa shape index (κ3) is 2.50. The molecule has 2 atom stereocenters. The first kappa shape index (κ1) is 14.3. The van der Waals surface area contributed by atoms with Crippen LogP contribution in [0.3, 0.4) is 0 Å². The van der Waals surface area contributed by atoms with Crippen LogP contribution < -0.4 is 0 Å². The maximum absolute atomic E-state index is 12.8. The number of hydrogen-bond donors (Lipinski definition) is 1. The molecule has 5 nitrogen and oxygen atoms in total. The molecule has 0 aromatic carbocycles. The molecule has 0 saturated carbocycles. The first-order valence-corrected chi connectivity index (χ1v) is 7.66. The van der Waals surface area contributed by atoms with Gasteiger partial charge in [0.15, 0.2) is 5.78 Å². The number of carbonyl (C=O) groups is 2. The van der Waals surface area contributed by atoms with Crippen LogP contribution in [-0.2, 0) is 11.2 Å². The SMILES string of the molecule is Cc1c(C(=O)N2C[C@@H](C)O[C@H](C)C2)[nH]c2c1C(=O)CCC2. The highest BCUT2D eigenvalue weighted by Gasteiger charge is 2.31. The van der Waals surface area contributed by atoms with Crippen LogP contribution >= 0.6 is 0 Å². The Labute approximate surface area is 124 Å². The summed E-state index contributed by atoms with van der Waals surface area (Å²) in [5.41, 5.74) is 3.07. The van der Waals surface area contributed by atoms with Crippen LogP contribution in [0, 0.1) is 6.92 Å². The zero-order valence-corrected chi connectivity index (χ0v) is 12.9. The second kappa shape index (κ2) is 5.30. The average Bonchev–Trinajstić information content (AvgIpc) is 2.75. The average molecular weight is 290 g/mol. The monoisotopic (exact) mass is 290 g/mol. The van der Waals surface area contributed by atoms with E-state index in [0.717, 1.165) is 29.7 Å². The number of nitrogens with zero attached hydrogens (tertiary/aromatic N) is 1. The fourth-order valence-electron chi connectivity index (χ4n) is 3.49. The van der Waals surface area contributed by atoms with Gasteiger partial charge in [-0.1, -0.05) is 0 Å². The first-order valence-electron chi connectivity index (χ1n) is 7.66. The van der Waals surface area contributed by atoms with Crippen molar-refractivity contribution in [3.63, 3.8) is 0 Å². The lowest BCUT2D eigenvalue weighted by Crippen LogP contribution is -2.48. The number of aromatic amines is 1. The Morgan fingerprint density at radius 2 is 1.90 bits per heavy atom. The maximum Gasteiger partial charge on any atom is 0.270 e. The van der Waals surface area contributed by atoms with Crippen LogP contribution in [0.4, 0.5) is 0 Å². The number of aromatic nitrogens is 1. The van der Waals surface area contributed by atoms with Gasteiger partial charge in [0.05, 0.1) is 12.2 Å². The van der Waals surface area contributed by atoms with Crippen molar-refractivity contribution in [1.82, 2.24) is 9.88 Å². The molecule has 3 rings (SSSR count). The molecule has 1 aliphatic carbocycles. The number of rotatable bonds is 1. The standard InChI is InChI=1S/C16H22N2O3/c1-9-7-18(8-10(2)21-9)16(20)15-11(3)14-12(17-15)5-4-6-13(14)19/h9-10,17H,4-8H2,1-3H3/t9-,10-/m1/s1. The number of ether oxygens (including phenoxy) is 1. The number of amides is 1. The number of ketones is 1. The Hall–Kier alpha value is -1.62. The summed E-state index contributed by atoms with van der Waals surface area (Å²) >= 11 is 0. The van der Waals surface area contributed by atoms with Gasteiger partial charge in [-0.3, -0.25) is 9.59 Å². The number of carbonyl (C=O) groups excluding carboxylic acids is 2.